The Labute approximate surface area is 172 Å². The van der Waals surface area contributed by atoms with Gasteiger partial charge >= 0.3 is 0 Å². The summed E-state index contributed by atoms with van der Waals surface area (Å²) in [7, 11) is 0. The third-order valence-electron chi connectivity index (χ3n) is 4.68. The first-order valence-corrected chi connectivity index (χ1v) is 9.39. The van der Waals surface area contributed by atoms with Gasteiger partial charge in [0.05, 0.1) is 30.8 Å². The number of rotatable bonds is 11. The topological polar surface area (TPSA) is 171 Å². The maximum Gasteiger partial charge on any atom is 0.269 e. The molecule has 2 amide bonds. The molecule has 0 spiro atoms. The van der Waals surface area contributed by atoms with Gasteiger partial charge in [-0.2, -0.15) is 0 Å². The second-order valence-corrected chi connectivity index (χ2v) is 7.51. The molecule has 2 rings (SSSR count). The Kier molecular flexibility index (Phi) is 7.59. The zero-order valence-corrected chi connectivity index (χ0v) is 16.7. The quantitative estimate of drug-likeness (QED) is 0.210. The summed E-state index contributed by atoms with van der Waals surface area (Å²) in [5.74, 6) is -1.93. The Balaban J connectivity index is 2.06. The van der Waals surface area contributed by atoms with Crippen LogP contribution in [0.4, 0.5) is 5.69 Å². The van der Waals surface area contributed by atoms with Crippen molar-refractivity contribution in [3.8, 4) is 0 Å². The van der Waals surface area contributed by atoms with Gasteiger partial charge in [0.25, 0.3) is 11.6 Å². The lowest BCUT2D eigenvalue weighted by atomic mass is 9.92. The van der Waals surface area contributed by atoms with Gasteiger partial charge in [-0.15, -0.1) is 0 Å². The Morgan fingerprint density at radius 1 is 1.17 bits per heavy atom. The fraction of sp³-hybridized carbons (Fsp3) is 0.526. The zero-order chi connectivity index (χ0) is 22.5. The number of aliphatic hydroxyl groups is 2. The first-order chi connectivity index (χ1) is 14.1. The molecule has 0 radical (unpaired) electrons. The van der Waals surface area contributed by atoms with Crippen LogP contribution < -0.4 is 10.6 Å². The molecular formula is C19H25N3O8. The first kappa shape index (κ1) is 23.4. The Morgan fingerprint density at radius 3 is 2.20 bits per heavy atom. The molecule has 1 aliphatic heterocycles. The second kappa shape index (κ2) is 9.74. The van der Waals surface area contributed by atoms with E-state index < -0.39 is 53.4 Å². The predicted octanol–water partition coefficient (Wildman–Crippen LogP) is -0.453. The summed E-state index contributed by atoms with van der Waals surface area (Å²) in [5.41, 5.74) is -1.45. The van der Waals surface area contributed by atoms with E-state index in [9.17, 15) is 34.7 Å². The van der Waals surface area contributed by atoms with Gasteiger partial charge in [-0.1, -0.05) is 13.8 Å². The summed E-state index contributed by atoms with van der Waals surface area (Å²) in [6, 6.07) is 2.42. The van der Waals surface area contributed by atoms with Crippen LogP contribution in [0.5, 0.6) is 0 Å². The lowest BCUT2D eigenvalue weighted by Gasteiger charge is -2.24. The van der Waals surface area contributed by atoms with Crippen molar-refractivity contribution in [2.24, 2.45) is 5.92 Å². The van der Waals surface area contributed by atoms with E-state index in [0.717, 1.165) is 12.1 Å². The summed E-state index contributed by atoms with van der Waals surface area (Å²) in [4.78, 5) is 47.7. The van der Waals surface area contributed by atoms with Gasteiger partial charge in [0.1, 0.15) is 6.04 Å². The lowest BCUT2D eigenvalue weighted by molar-refractivity contribution is -0.384. The van der Waals surface area contributed by atoms with E-state index in [0.29, 0.717) is 0 Å². The average molecular weight is 423 g/mol. The van der Waals surface area contributed by atoms with Crippen LogP contribution in [-0.2, 0) is 14.3 Å². The molecule has 1 heterocycles. The number of carbonyl (C=O) groups excluding carboxylic acids is 3. The summed E-state index contributed by atoms with van der Waals surface area (Å²) < 4.78 is 5.07. The van der Waals surface area contributed by atoms with Gasteiger partial charge in [-0.05, 0) is 24.5 Å². The maximum atomic E-state index is 12.7. The van der Waals surface area contributed by atoms with Crippen molar-refractivity contribution in [3.05, 3.63) is 39.9 Å². The molecule has 1 fully saturated rings. The van der Waals surface area contributed by atoms with Crippen molar-refractivity contribution < 1.29 is 34.3 Å². The largest absolute Gasteiger partial charge is 0.394 e. The van der Waals surface area contributed by atoms with Gasteiger partial charge in [-0.25, -0.2) is 0 Å². The highest BCUT2D eigenvalue weighted by molar-refractivity contribution is 6.00. The molecule has 1 aliphatic rings. The van der Waals surface area contributed by atoms with E-state index in [4.69, 9.17) is 4.74 Å². The number of non-ortho nitro benzene ring substituents is 1. The number of nitro benzene ring substituents is 1. The molecule has 1 saturated heterocycles. The number of benzene rings is 1. The van der Waals surface area contributed by atoms with E-state index in [-0.39, 0.29) is 30.2 Å². The number of carbonyl (C=O) groups is 3. The number of epoxide rings is 1. The summed E-state index contributed by atoms with van der Waals surface area (Å²) in [6.45, 7) is 2.54. The van der Waals surface area contributed by atoms with Crippen LogP contribution in [0.25, 0.3) is 0 Å². The Bertz CT molecular complexity index is 805. The van der Waals surface area contributed by atoms with Crippen molar-refractivity contribution in [2.45, 2.75) is 38.0 Å². The highest BCUT2D eigenvalue weighted by Gasteiger charge is 2.54. The third kappa shape index (κ3) is 5.59. The van der Waals surface area contributed by atoms with E-state index in [1.54, 1.807) is 0 Å². The summed E-state index contributed by atoms with van der Waals surface area (Å²) in [5, 5.41) is 34.5. The van der Waals surface area contributed by atoms with Gasteiger partial charge in [0.2, 0.25) is 5.91 Å². The molecule has 11 nitrogen and oxygen atoms in total. The van der Waals surface area contributed by atoms with E-state index in [1.807, 2.05) is 13.8 Å². The van der Waals surface area contributed by atoms with Crippen molar-refractivity contribution in [1.29, 1.82) is 0 Å². The SMILES string of the molecule is CC(C)CC(NC(=O)C(CO)NC(=O)c1ccc([N+](=O)[O-])cc1)C(=O)C1(CO)CO1. The number of aliphatic hydroxyl groups excluding tert-OH is 2. The molecule has 0 aliphatic carbocycles. The summed E-state index contributed by atoms with van der Waals surface area (Å²) >= 11 is 0. The molecule has 164 valence electrons. The fourth-order valence-electron chi connectivity index (χ4n) is 2.86. The molecule has 30 heavy (non-hydrogen) atoms. The van der Waals surface area contributed by atoms with Gasteiger partial charge < -0.3 is 25.6 Å². The van der Waals surface area contributed by atoms with Gasteiger partial charge in [0, 0.05) is 17.7 Å². The molecule has 1 aromatic rings. The van der Waals surface area contributed by atoms with Crippen molar-refractivity contribution in [3.63, 3.8) is 0 Å². The molecule has 0 bridgehead atoms. The van der Waals surface area contributed by atoms with Crippen LogP contribution in [0, 0.1) is 16.0 Å². The van der Waals surface area contributed by atoms with Crippen molar-refractivity contribution in [1.82, 2.24) is 10.6 Å². The molecule has 0 aromatic heterocycles. The van der Waals surface area contributed by atoms with E-state index in [2.05, 4.69) is 10.6 Å². The van der Waals surface area contributed by atoms with Gasteiger partial charge in [0.15, 0.2) is 11.4 Å². The van der Waals surface area contributed by atoms with Crippen LogP contribution in [-0.4, -0.2) is 70.2 Å². The minimum atomic E-state index is -1.35. The van der Waals surface area contributed by atoms with Crippen molar-refractivity contribution in [2.75, 3.05) is 19.8 Å². The standard InChI is InChI=1S/C19H25N3O8/c1-11(2)7-14(16(25)19(9-24)10-30-19)20-18(27)15(8-23)21-17(26)12-3-5-13(6-4-12)22(28)29/h3-6,11,14-15,23-24H,7-10H2,1-2H3,(H,20,27)(H,21,26). The van der Waals surface area contributed by atoms with Crippen molar-refractivity contribution >= 4 is 23.3 Å². The maximum absolute atomic E-state index is 12.7. The number of hydrogen-bond donors (Lipinski definition) is 4. The molecular weight excluding hydrogens is 398 g/mol. The number of hydrogen-bond acceptors (Lipinski definition) is 8. The molecule has 3 atom stereocenters. The number of nitro groups is 1. The molecule has 0 saturated carbocycles. The molecule has 3 unspecified atom stereocenters. The van der Waals surface area contributed by atoms with Crippen LogP contribution in [0.3, 0.4) is 0 Å². The number of amides is 2. The van der Waals surface area contributed by atoms with Gasteiger partial charge in [-0.3, -0.25) is 24.5 Å². The van der Waals surface area contributed by atoms with Crippen LogP contribution >= 0.6 is 0 Å². The number of ether oxygens (including phenoxy) is 1. The predicted molar refractivity (Wildman–Crippen MR) is 104 cm³/mol. The van der Waals surface area contributed by atoms with Crippen LogP contribution in [0.1, 0.15) is 30.6 Å². The monoisotopic (exact) mass is 423 g/mol. The number of nitrogens with one attached hydrogen (secondary N) is 2. The third-order valence-corrected chi connectivity index (χ3v) is 4.68. The molecule has 11 heteroatoms. The number of Topliss-reactive ketones (excluding diaryl/α,β-unsaturated/α-hetero) is 1. The van der Waals surface area contributed by atoms with Crippen LogP contribution in [0.2, 0.25) is 0 Å². The summed E-state index contributed by atoms with van der Waals surface area (Å²) in [6.07, 6.45) is 0.282. The lowest BCUT2D eigenvalue weighted by Crippen LogP contribution is -2.55. The first-order valence-electron chi connectivity index (χ1n) is 9.39. The second-order valence-electron chi connectivity index (χ2n) is 7.51. The molecule has 1 aromatic carbocycles. The highest BCUT2D eigenvalue weighted by Crippen LogP contribution is 2.30. The van der Waals surface area contributed by atoms with E-state index >= 15 is 0 Å². The number of nitrogens with zero attached hydrogens (tertiary/aromatic N) is 1. The minimum Gasteiger partial charge on any atom is -0.394 e. The average Bonchev–Trinajstić information content (AvgIpc) is 3.51. The smallest absolute Gasteiger partial charge is 0.269 e. The fourth-order valence-corrected chi connectivity index (χ4v) is 2.86. The zero-order valence-electron chi connectivity index (χ0n) is 16.7. The van der Waals surface area contributed by atoms with E-state index in [1.165, 1.54) is 12.1 Å². The highest BCUT2D eigenvalue weighted by atomic mass is 16.6. The Morgan fingerprint density at radius 2 is 1.77 bits per heavy atom. The normalized spacial score (nSPS) is 19.6. The minimum absolute atomic E-state index is 0.0380. The number of ketones is 1. The van der Waals surface area contributed by atoms with Crippen LogP contribution in [0.15, 0.2) is 24.3 Å². The molecule has 4 N–H and O–H groups in total. The Hall–Kier alpha value is -2.89.